The van der Waals surface area contributed by atoms with Crippen molar-refractivity contribution in [3.05, 3.63) is 123 Å². The highest BCUT2D eigenvalue weighted by atomic mass is 16.7. The lowest BCUT2D eigenvalue weighted by Gasteiger charge is -2.58. The van der Waals surface area contributed by atoms with Gasteiger partial charge in [0.05, 0.1) is 0 Å². The molecule has 19 unspecified atom stereocenters. The van der Waals surface area contributed by atoms with E-state index in [-0.39, 0.29) is 69.8 Å². The molecule has 0 amide bonds. The van der Waals surface area contributed by atoms with Crippen LogP contribution in [-0.4, -0.2) is 84.6 Å². The Morgan fingerprint density at radius 2 is 0.982 bits per heavy atom. The Morgan fingerprint density at radius 1 is 0.446 bits per heavy atom. The molecule has 0 N–H and O–H groups in total. The van der Waals surface area contributed by atoms with Crippen LogP contribution in [-0.2, 0) is 66.9 Å². The van der Waals surface area contributed by atoms with Gasteiger partial charge in [-0.25, -0.2) is 19.2 Å². The number of fused-ring (bicyclic) bond motifs is 20. The molecule has 0 bridgehead atoms. The summed E-state index contributed by atoms with van der Waals surface area (Å²) in [4.78, 5) is 110. The molecule has 12 aliphatic carbocycles. The summed E-state index contributed by atoms with van der Waals surface area (Å²) in [6, 6.07) is 22.0. The molecule has 8 fully saturated rings. The van der Waals surface area contributed by atoms with Gasteiger partial charge in [-0.05, 0) is 320 Å². The number of carbonyl (C=O) groups is 9. The molecule has 0 aromatic heterocycles. The molecule has 0 saturated heterocycles. The van der Waals surface area contributed by atoms with Gasteiger partial charge in [0.15, 0.2) is 18.2 Å². The van der Waals surface area contributed by atoms with Crippen LogP contribution >= 0.6 is 0 Å². The van der Waals surface area contributed by atoms with Crippen molar-refractivity contribution in [3.8, 4) is 17.2 Å². The predicted octanol–water partition coefficient (Wildman–Crippen LogP) is 22.0. The number of Topliss-reactive ketones (excluding diaryl/α,β-unsaturated/α-hetero) is 4. The molecular formula is C95H122O17. The van der Waals surface area contributed by atoms with Crippen LogP contribution in [0.1, 0.15) is 295 Å². The van der Waals surface area contributed by atoms with Crippen LogP contribution in [0.4, 0.5) is 19.2 Å². The van der Waals surface area contributed by atoms with E-state index in [1.54, 1.807) is 0 Å². The van der Waals surface area contributed by atoms with Crippen LogP contribution < -0.4 is 14.2 Å². The number of carbonyl (C=O) groups excluding carboxylic acids is 9. The number of ether oxygens (including phenoxy) is 8. The Bertz CT molecular complexity index is 4350. The number of rotatable bonds is 14. The van der Waals surface area contributed by atoms with E-state index in [1.165, 1.54) is 49.9 Å². The number of aryl methyl sites for hydroxylation is 2. The van der Waals surface area contributed by atoms with E-state index in [0.29, 0.717) is 106 Å². The normalized spacial score (nSPS) is 32.3. The third-order valence-corrected chi connectivity index (χ3v) is 30.5. The maximum Gasteiger partial charge on any atom is 0.514 e. The quantitative estimate of drug-likeness (QED) is 0.0495. The van der Waals surface area contributed by atoms with Gasteiger partial charge in [0.2, 0.25) is 0 Å². The van der Waals surface area contributed by atoms with Crippen molar-refractivity contribution in [2.24, 2.45) is 68.5 Å². The van der Waals surface area contributed by atoms with Gasteiger partial charge in [0.25, 0.3) is 0 Å². The first-order valence-electron chi connectivity index (χ1n) is 42.8. The van der Waals surface area contributed by atoms with Gasteiger partial charge in [0.1, 0.15) is 59.0 Å². The molecule has 4 aromatic carbocycles. The smallest absolute Gasteiger partial charge is 0.431 e. The second kappa shape index (κ2) is 33.5. The van der Waals surface area contributed by atoms with Gasteiger partial charge in [0, 0.05) is 53.8 Å². The summed E-state index contributed by atoms with van der Waals surface area (Å²) >= 11 is 0. The van der Waals surface area contributed by atoms with E-state index in [0.717, 1.165) is 166 Å². The number of hydrogen-bond acceptors (Lipinski definition) is 17. The molecule has 19 atom stereocenters. The lowest BCUT2D eigenvalue weighted by Crippen LogP contribution is -2.51. The molecule has 16 rings (SSSR count). The van der Waals surface area contributed by atoms with Crippen molar-refractivity contribution < 1.29 is 81.0 Å². The molecular weight excluding hydrogens is 1410 g/mol. The number of hydrogen-bond donors (Lipinski definition) is 0. The molecule has 17 heteroatoms. The van der Waals surface area contributed by atoms with Crippen molar-refractivity contribution in [2.45, 2.75) is 306 Å². The molecule has 112 heavy (non-hydrogen) atoms. The van der Waals surface area contributed by atoms with Gasteiger partial charge < -0.3 is 37.9 Å². The van der Waals surface area contributed by atoms with Gasteiger partial charge in [-0.2, -0.15) is 0 Å². The summed E-state index contributed by atoms with van der Waals surface area (Å²) in [7, 11) is 0. The lowest BCUT2D eigenvalue weighted by molar-refractivity contribution is -0.134. The minimum absolute atomic E-state index is 0.00963. The maximum atomic E-state index is 13.1. The predicted molar refractivity (Wildman–Crippen MR) is 427 cm³/mol. The molecule has 604 valence electrons. The standard InChI is InChI=1S/C26H38O5.C23H30O4.C23H28O4.C23H26O4/c1-5-16(2)31-24(29)30-15-23(28)22-9-8-20-19-7-6-17-14-18(27)10-12-25(17,3)21(19)11-13-26(20,22)4;3*1-4-14(2)26-22(25)27-16-6-8-17-15(13-16)5-7-19-18(17)11-12-23(3)20(19)9-10-21(23)24/h14,16,19-22H,5-13,15H2,1-4H3;6,8,13-14,18-20H,4-5,7,9-12H2,1-3H3;6-8,13-14,18,20H,4-5,9-12H2,1-3H3;5-8,13-14,20H,4,9-12H2,1-3H3. The molecule has 8 saturated carbocycles. The SMILES string of the molecule is CCC(C)OC(=O)OCC(=O)C1CCC2C3CCC4=CC(=O)CCC4(C)C3CCC12C.CCC(C)OC(=O)Oc1ccc2c(c1)CC=C1C2CCC2(C)C(=O)CCC12.CCC(C)OC(=O)Oc1ccc2c(c1)CCC1C2CCC2(C)C(=O)CCC12.CCC(C)OC(=O)Oc1ccc2c3c(ccc2c1)C1CCC(=O)C1(C)CC3. The molecule has 4 aromatic rings. The molecule has 12 aliphatic rings. The van der Waals surface area contributed by atoms with Gasteiger partial charge in [-0.3, -0.25) is 24.0 Å². The van der Waals surface area contributed by atoms with Gasteiger partial charge >= 0.3 is 24.6 Å². The van der Waals surface area contributed by atoms with E-state index in [9.17, 15) is 43.2 Å². The number of benzene rings is 4. The molecule has 0 spiro atoms. The minimum Gasteiger partial charge on any atom is -0.431 e. The molecule has 0 aliphatic heterocycles. The summed E-state index contributed by atoms with van der Waals surface area (Å²) in [5, 5.41) is 2.24. The van der Waals surface area contributed by atoms with Crippen LogP contribution in [0.3, 0.4) is 0 Å². The van der Waals surface area contributed by atoms with Gasteiger partial charge in [-0.1, -0.05) is 110 Å². The molecule has 17 nitrogen and oxygen atoms in total. The zero-order valence-electron chi connectivity index (χ0n) is 68.8. The maximum absolute atomic E-state index is 13.1. The van der Waals surface area contributed by atoms with Crippen molar-refractivity contribution in [1.82, 2.24) is 0 Å². The molecule has 0 heterocycles. The minimum atomic E-state index is -0.738. The van der Waals surface area contributed by atoms with E-state index >= 15 is 0 Å². The average molecular weight is 1540 g/mol. The fourth-order valence-corrected chi connectivity index (χ4v) is 23.2. The number of allylic oxidation sites excluding steroid dienone is 3. The third-order valence-electron chi connectivity index (χ3n) is 30.5. The Kier molecular flexibility index (Phi) is 24.5. The monoisotopic (exact) mass is 1530 g/mol. The zero-order chi connectivity index (χ0) is 79.9. The Balaban J connectivity index is 0.000000131. The largest absolute Gasteiger partial charge is 0.514 e. The van der Waals surface area contributed by atoms with E-state index in [1.807, 2.05) is 104 Å². The Labute approximate surface area is 663 Å². The van der Waals surface area contributed by atoms with Crippen LogP contribution in [0.5, 0.6) is 17.2 Å². The second-order valence-electron chi connectivity index (χ2n) is 36.5. The fraction of sp³-hybridized carbons (Fsp3) is 0.632. The second-order valence-corrected chi connectivity index (χ2v) is 36.5. The first-order valence-corrected chi connectivity index (χ1v) is 42.8. The van der Waals surface area contributed by atoms with Crippen molar-refractivity contribution >= 4 is 64.3 Å². The van der Waals surface area contributed by atoms with Crippen molar-refractivity contribution in [1.29, 1.82) is 0 Å². The molecule has 0 radical (unpaired) electrons. The summed E-state index contributed by atoms with van der Waals surface area (Å²) in [5.74, 6) is 7.89. The van der Waals surface area contributed by atoms with Crippen LogP contribution in [0.15, 0.2) is 90.0 Å². The third kappa shape index (κ3) is 16.1. The van der Waals surface area contributed by atoms with Gasteiger partial charge in [-0.15, -0.1) is 0 Å². The summed E-state index contributed by atoms with van der Waals surface area (Å²) in [5.41, 5.74) is 10.5. The zero-order valence-corrected chi connectivity index (χ0v) is 68.8. The van der Waals surface area contributed by atoms with Crippen molar-refractivity contribution in [2.75, 3.05) is 6.61 Å². The highest BCUT2D eigenvalue weighted by molar-refractivity contribution is 5.94. The van der Waals surface area contributed by atoms with E-state index in [4.69, 9.17) is 37.9 Å². The first kappa shape index (κ1) is 82.0. The van der Waals surface area contributed by atoms with E-state index in [2.05, 4.69) is 65.0 Å². The highest BCUT2D eigenvalue weighted by Gasteiger charge is 2.61. The Hall–Kier alpha value is -7.95. The fourth-order valence-electron chi connectivity index (χ4n) is 23.2. The Morgan fingerprint density at radius 3 is 1.63 bits per heavy atom. The van der Waals surface area contributed by atoms with E-state index < -0.39 is 24.6 Å². The first-order chi connectivity index (χ1) is 53.4. The van der Waals surface area contributed by atoms with Crippen molar-refractivity contribution in [3.63, 3.8) is 0 Å². The van der Waals surface area contributed by atoms with Crippen LogP contribution in [0.2, 0.25) is 0 Å². The topological polar surface area (TPSA) is 227 Å². The average Bonchev–Trinajstić information content (AvgIpc) is 1.11. The number of ketones is 5. The summed E-state index contributed by atoms with van der Waals surface area (Å²) in [6.07, 6.45) is 26.0. The highest BCUT2D eigenvalue weighted by Crippen LogP contribution is 2.68. The summed E-state index contributed by atoms with van der Waals surface area (Å²) in [6.45, 7) is 26.2. The van der Waals surface area contributed by atoms with Crippen LogP contribution in [0.25, 0.3) is 10.8 Å². The summed E-state index contributed by atoms with van der Waals surface area (Å²) < 4.78 is 42.0. The van der Waals surface area contributed by atoms with Crippen LogP contribution in [0, 0.1) is 68.5 Å². The lowest BCUT2D eigenvalue weighted by atomic mass is 9.46.